The molecule has 2 fully saturated rings. The number of furan rings is 1. The zero-order chi connectivity index (χ0) is 25.1. The van der Waals surface area contributed by atoms with Crippen LogP contribution in [-0.2, 0) is 6.54 Å². The van der Waals surface area contributed by atoms with Gasteiger partial charge in [-0.15, -0.1) is 21.8 Å². The Morgan fingerprint density at radius 3 is 2.68 bits per heavy atom. The van der Waals surface area contributed by atoms with E-state index in [9.17, 15) is 9.59 Å². The summed E-state index contributed by atoms with van der Waals surface area (Å²) in [6.07, 6.45) is 4.59. The number of likely N-dealkylation sites (tertiary alicyclic amines) is 1. The third kappa shape index (κ3) is 3.83. The largest absolute Gasteiger partial charge is 0.457 e. The zero-order valence-electron chi connectivity index (χ0n) is 20.3. The van der Waals surface area contributed by atoms with Gasteiger partial charge in [-0.2, -0.15) is 0 Å². The highest BCUT2D eigenvalue weighted by atomic mass is 35.5. The summed E-state index contributed by atoms with van der Waals surface area (Å²) in [5.74, 6) is 2.34. The molecule has 3 aromatic heterocycles. The smallest absolute Gasteiger partial charge is 0.330 e. The number of fused-ring (bicyclic) bond motifs is 5. The number of H-pyrrole nitrogens is 1. The van der Waals surface area contributed by atoms with Crippen LogP contribution in [0.5, 0.6) is 0 Å². The Labute approximate surface area is 217 Å². The molecule has 1 unspecified atom stereocenters. The second-order valence-electron chi connectivity index (χ2n) is 10.4. The number of piperidine rings is 1. The first-order chi connectivity index (χ1) is 18.1. The number of aromatic amines is 1. The maximum atomic E-state index is 13.5. The van der Waals surface area contributed by atoms with Gasteiger partial charge >= 0.3 is 5.69 Å². The van der Waals surface area contributed by atoms with Gasteiger partial charge in [0, 0.05) is 42.9 Å². The maximum Gasteiger partial charge on any atom is 0.330 e. The Morgan fingerprint density at radius 1 is 1.05 bits per heavy atom. The van der Waals surface area contributed by atoms with Crippen molar-refractivity contribution < 1.29 is 4.42 Å². The second-order valence-corrected chi connectivity index (χ2v) is 11.0. The van der Waals surface area contributed by atoms with E-state index in [1.807, 2.05) is 24.3 Å². The van der Waals surface area contributed by atoms with Gasteiger partial charge in [-0.25, -0.2) is 9.78 Å². The fourth-order valence-electron chi connectivity index (χ4n) is 6.37. The molecule has 7 rings (SSSR count). The number of hydrogen-bond acceptors (Lipinski definition) is 7. The molecule has 3 atom stereocenters. The molecule has 190 valence electrons. The van der Waals surface area contributed by atoms with E-state index in [1.165, 1.54) is 10.1 Å². The van der Waals surface area contributed by atoms with Crippen LogP contribution in [0.1, 0.15) is 66.9 Å². The molecular weight excluding hydrogens is 492 g/mol. The average molecular weight is 519 g/mol. The van der Waals surface area contributed by atoms with Crippen molar-refractivity contribution in [2.24, 2.45) is 0 Å². The van der Waals surface area contributed by atoms with E-state index >= 15 is 0 Å². The minimum absolute atomic E-state index is 0.0906. The Hall–Kier alpha value is -3.30. The number of nitrogens with one attached hydrogen (secondary N) is 1. The van der Waals surface area contributed by atoms with Gasteiger partial charge in [0.1, 0.15) is 5.76 Å². The average Bonchev–Trinajstić information content (AvgIpc) is 3.27. The van der Waals surface area contributed by atoms with Crippen LogP contribution in [0.4, 0.5) is 0 Å². The first kappa shape index (κ1) is 22.9. The number of hydrogen-bond donors (Lipinski definition) is 1. The van der Waals surface area contributed by atoms with Gasteiger partial charge in [-0.05, 0) is 42.9 Å². The summed E-state index contributed by atoms with van der Waals surface area (Å²) >= 11 is 6.58. The first-order valence-corrected chi connectivity index (χ1v) is 13.4. The number of nitrogens with zero attached hydrogens (tertiary/aromatic N) is 5. The van der Waals surface area contributed by atoms with Gasteiger partial charge in [0.05, 0.1) is 0 Å². The molecule has 0 bridgehead atoms. The van der Waals surface area contributed by atoms with Crippen molar-refractivity contribution in [2.45, 2.75) is 61.9 Å². The molecule has 0 amide bonds. The quantitative estimate of drug-likeness (QED) is 0.407. The molecule has 1 saturated carbocycles. The summed E-state index contributed by atoms with van der Waals surface area (Å²) in [4.78, 5) is 35.9. The minimum Gasteiger partial charge on any atom is -0.457 e. The predicted octanol–water partition coefficient (Wildman–Crippen LogP) is 3.94. The molecule has 1 aliphatic heterocycles. The molecular formula is C27H27ClN6O3. The lowest BCUT2D eigenvalue weighted by Gasteiger charge is -2.41. The van der Waals surface area contributed by atoms with Crippen LogP contribution < -0.4 is 11.2 Å². The molecule has 2 aliphatic carbocycles. The highest BCUT2D eigenvalue weighted by Gasteiger charge is 2.47. The maximum absolute atomic E-state index is 13.5. The Kier molecular flexibility index (Phi) is 5.51. The lowest BCUT2D eigenvalue weighted by molar-refractivity contribution is 0.176. The molecule has 0 spiro atoms. The molecule has 1 N–H and O–H groups in total. The molecule has 3 aliphatic rings. The number of rotatable bonds is 4. The number of benzene rings is 1. The van der Waals surface area contributed by atoms with E-state index in [-0.39, 0.29) is 28.4 Å². The van der Waals surface area contributed by atoms with Crippen LogP contribution in [0.2, 0.25) is 0 Å². The topological polar surface area (TPSA) is 110 Å². The van der Waals surface area contributed by atoms with Crippen molar-refractivity contribution in [3.63, 3.8) is 0 Å². The lowest BCUT2D eigenvalue weighted by atomic mass is 9.65. The van der Waals surface area contributed by atoms with E-state index in [0.29, 0.717) is 30.4 Å². The van der Waals surface area contributed by atoms with Crippen molar-refractivity contribution in [3.05, 3.63) is 74.1 Å². The van der Waals surface area contributed by atoms with Crippen molar-refractivity contribution in [2.75, 3.05) is 13.1 Å². The van der Waals surface area contributed by atoms with Gasteiger partial charge in [0.2, 0.25) is 5.82 Å². The van der Waals surface area contributed by atoms with Gasteiger partial charge in [0.25, 0.3) is 5.56 Å². The first-order valence-electron chi connectivity index (χ1n) is 13.0. The SMILES string of the molecule is O=c1[nH]c2nnc(-c3cc4c(o3)C3CCC[C@H](Cl)[C@@H]43)nc2c(=O)n1C1CCN(Cc2ccccc2)CC1. The van der Waals surface area contributed by atoms with E-state index in [0.717, 1.165) is 50.2 Å². The summed E-state index contributed by atoms with van der Waals surface area (Å²) in [5.41, 5.74) is 1.65. The Morgan fingerprint density at radius 2 is 1.86 bits per heavy atom. The van der Waals surface area contributed by atoms with Crippen LogP contribution in [0, 0.1) is 0 Å². The minimum atomic E-state index is -0.472. The summed E-state index contributed by atoms with van der Waals surface area (Å²) in [7, 11) is 0. The molecule has 10 heteroatoms. The molecule has 0 radical (unpaired) electrons. The lowest BCUT2D eigenvalue weighted by Crippen LogP contribution is -2.43. The normalized spacial score (nSPS) is 24.0. The van der Waals surface area contributed by atoms with Crippen molar-refractivity contribution in [3.8, 4) is 11.6 Å². The van der Waals surface area contributed by atoms with Crippen molar-refractivity contribution >= 4 is 22.8 Å². The summed E-state index contributed by atoms with van der Waals surface area (Å²) < 4.78 is 7.42. The Bertz CT molecular complexity index is 1590. The summed E-state index contributed by atoms with van der Waals surface area (Å²) in [6.45, 7) is 2.47. The third-order valence-electron chi connectivity index (χ3n) is 8.25. The van der Waals surface area contributed by atoms with Crippen LogP contribution in [0.3, 0.4) is 0 Å². The number of alkyl halides is 1. The van der Waals surface area contributed by atoms with Crippen molar-refractivity contribution in [1.29, 1.82) is 0 Å². The van der Waals surface area contributed by atoms with Crippen molar-refractivity contribution in [1.82, 2.24) is 29.6 Å². The van der Waals surface area contributed by atoms with Gasteiger partial charge in [0.15, 0.2) is 16.9 Å². The standard InChI is InChI=1S/C27H27ClN6O3/c28-19-8-4-7-17-21(19)18-13-20(37-23(17)18)24-29-22-25(32-31-24)30-27(36)34(26(22)35)16-9-11-33(12-10-16)14-15-5-2-1-3-6-15/h1-3,5-6,13,16-17,19,21H,4,7-12,14H2,(H,30,32,36)/t17?,19-,21+/m0/s1. The molecule has 4 aromatic rings. The summed E-state index contributed by atoms with van der Waals surface area (Å²) in [6, 6.07) is 12.1. The van der Waals surface area contributed by atoms with Gasteiger partial charge in [-0.3, -0.25) is 19.2 Å². The monoisotopic (exact) mass is 518 g/mol. The van der Waals surface area contributed by atoms with Gasteiger partial charge < -0.3 is 4.42 Å². The molecule has 4 heterocycles. The third-order valence-corrected chi connectivity index (χ3v) is 8.74. The number of aromatic nitrogens is 5. The van der Waals surface area contributed by atoms with E-state index in [1.54, 1.807) is 0 Å². The highest BCUT2D eigenvalue weighted by Crippen LogP contribution is 2.57. The number of halogens is 1. The fourth-order valence-corrected chi connectivity index (χ4v) is 6.84. The van der Waals surface area contributed by atoms with Crippen LogP contribution >= 0.6 is 11.6 Å². The van der Waals surface area contributed by atoms with E-state index < -0.39 is 11.2 Å². The fraction of sp³-hybridized carbons (Fsp3) is 0.444. The highest BCUT2D eigenvalue weighted by molar-refractivity contribution is 6.21. The van der Waals surface area contributed by atoms with E-state index in [2.05, 4.69) is 37.2 Å². The van der Waals surface area contributed by atoms with Gasteiger partial charge in [-0.1, -0.05) is 36.8 Å². The van der Waals surface area contributed by atoms with E-state index in [4.69, 9.17) is 16.0 Å². The molecule has 1 aromatic carbocycles. The summed E-state index contributed by atoms with van der Waals surface area (Å²) in [5, 5.41) is 8.39. The van der Waals surface area contributed by atoms with Crippen LogP contribution in [0.15, 0.2) is 50.4 Å². The second kappa shape index (κ2) is 8.92. The molecule has 1 saturated heterocycles. The van der Waals surface area contributed by atoms with Crippen LogP contribution in [0.25, 0.3) is 22.7 Å². The van der Waals surface area contributed by atoms with Crippen LogP contribution in [-0.4, -0.2) is 48.1 Å². The molecule has 37 heavy (non-hydrogen) atoms. The predicted molar refractivity (Wildman–Crippen MR) is 139 cm³/mol. The zero-order valence-corrected chi connectivity index (χ0v) is 21.0. The Balaban J connectivity index is 1.16. The molecule has 9 nitrogen and oxygen atoms in total.